The van der Waals surface area contributed by atoms with E-state index in [1.54, 1.807) is 26.4 Å². The first-order valence-electron chi connectivity index (χ1n) is 6.03. The van der Waals surface area contributed by atoms with Crippen molar-refractivity contribution in [2.45, 2.75) is 6.10 Å². The molecule has 2 rings (SSSR count). The molecular weight excluding hydrogens is 280 g/mol. The van der Waals surface area contributed by atoms with E-state index in [0.29, 0.717) is 11.6 Å². The second-order valence-electron chi connectivity index (χ2n) is 4.23. The predicted molar refractivity (Wildman–Crippen MR) is 74.5 cm³/mol. The number of carbonyl (C=O) groups excluding carboxylic acids is 1. The zero-order valence-electron chi connectivity index (χ0n) is 11.2. The Bertz CT molecular complexity index is 600. The molecule has 0 aliphatic rings. The van der Waals surface area contributed by atoms with Crippen molar-refractivity contribution in [3.05, 3.63) is 46.7 Å². The van der Waals surface area contributed by atoms with Gasteiger partial charge in [0.1, 0.15) is 6.10 Å². The minimum Gasteiger partial charge on any atom is -0.375 e. The summed E-state index contributed by atoms with van der Waals surface area (Å²) in [6.07, 6.45) is 1.23. The molecule has 0 saturated heterocycles. The van der Waals surface area contributed by atoms with Gasteiger partial charge < -0.3 is 10.1 Å². The third kappa shape index (κ3) is 3.34. The molecule has 7 heteroatoms. The number of aryl methyl sites for hydroxylation is 1. The van der Waals surface area contributed by atoms with Crippen molar-refractivity contribution in [1.29, 1.82) is 0 Å². The lowest BCUT2D eigenvalue weighted by Gasteiger charge is -2.17. The minimum atomic E-state index is -0.315. The van der Waals surface area contributed by atoms with Gasteiger partial charge in [-0.3, -0.25) is 9.48 Å². The van der Waals surface area contributed by atoms with Crippen molar-refractivity contribution in [3.8, 4) is 0 Å². The first kappa shape index (κ1) is 14.5. The quantitative estimate of drug-likeness (QED) is 0.909. The van der Waals surface area contributed by atoms with Crippen LogP contribution in [0.3, 0.4) is 0 Å². The Labute approximate surface area is 121 Å². The summed E-state index contributed by atoms with van der Waals surface area (Å²) in [6.45, 7) is 0.301. The molecule has 0 saturated carbocycles. The molecule has 2 aromatic rings. The molecule has 1 aromatic heterocycles. The van der Waals surface area contributed by atoms with E-state index in [9.17, 15) is 4.79 Å². The molecule has 106 valence electrons. The van der Waals surface area contributed by atoms with E-state index < -0.39 is 0 Å². The highest BCUT2D eigenvalue weighted by atomic mass is 35.5. The van der Waals surface area contributed by atoms with Gasteiger partial charge in [0, 0.05) is 31.3 Å². The first-order valence-corrected chi connectivity index (χ1v) is 6.41. The number of halogens is 1. The first-order chi connectivity index (χ1) is 9.61. The zero-order chi connectivity index (χ0) is 14.5. The zero-order valence-corrected chi connectivity index (χ0v) is 12.0. The van der Waals surface area contributed by atoms with E-state index in [1.165, 1.54) is 4.68 Å². The summed E-state index contributed by atoms with van der Waals surface area (Å²) in [5.41, 5.74) is 1.10. The fraction of sp³-hybridized carbons (Fsp3) is 0.308. The molecule has 1 N–H and O–H groups in total. The molecule has 1 atom stereocenters. The maximum Gasteiger partial charge on any atom is 0.273 e. The van der Waals surface area contributed by atoms with Crippen molar-refractivity contribution in [1.82, 2.24) is 20.3 Å². The van der Waals surface area contributed by atoms with Gasteiger partial charge in [-0.15, -0.1) is 5.10 Å². The molecule has 0 radical (unpaired) electrons. The lowest BCUT2D eigenvalue weighted by atomic mass is 10.1. The van der Waals surface area contributed by atoms with E-state index in [2.05, 4.69) is 15.6 Å². The number of rotatable bonds is 5. The minimum absolute atomic E-state index is 0.265. The van der Waals surface area contributed by atoms with Crippen molar-refractivity contribution in [2.75, 3.05) is 13.7 Å². The van der Waals surface area contributed by atoms with E-state index in [0.717, 1.165) is 5.56 Å². The number of hydrogen-bond donors (Lipinski definition) is 1. The SMILES string of the molecule is COC(CNC(=O)c1cn(C)nn1)c1ccccc1Cl. The van der Waals surface area contributed by atoms with Gasteiger partial charge in [-0.2, -0.15) is 0 Å². The van der Waals surface area contributed by atoms with E-state index >= 15 is 0 Å². The van der Waals surface area contributed by atoms with E-state index in [4.69, 9.17) is 16.3 Å². The monoisotopic (exact) mass is 294 g/mol. The molecular formula is C13H15ClN4O2. The average molecular weight is 295 g/mol. The summed E-state index contributed by atoms with van der Waals surface area (Å²) in [5, 5.41) is 10.8. The van der Waals surface area contributed by atoms with Crippen molar-refractivity contribution >= 4 is 17.5 Å². The predicted octanol–water partition coefficient (Wildman–Crippen LogP) is 1.59. The average Bonchev–Trinajstić information content (AvgIpc) is 2.88. The van der Waals surface area contributed by atoms with Crippen LogP contribution in [0.1, 0.15) is 22.2 Å². The van der Waals surface area contributed by atoms with Gasteiger partial charge in [0.2, 0.25) is 0 Å². The highest BCUT2D eigenvalue weighted by Gasteiger charge is 2.16. The van der Waals surface area contributed by atoms with E-state index in [1.807, 2.05) is 18.2 Å². The van der Waals surface area contributed by atoms with E-state index in [-0.39, 0.29) is 17.7 Å². The number of nitrogens with one attached hydrogen (secondary N) is 1. The lowest BCUT2D eigenvalue weighted by Crippen LogP contribution is -2.29. The standard InChI is InChI=1S/C13H15ClN4O2/c1-18-8-11(16-17-18)13(19)15-7-12(20-2)9-5-3-4-6-10(9)14/h3-6,8,12H,7H2,1-2H3,(H,15,19). The van der Waals surface area contributed by atoms with Crippen LogP contribution >= 0.6 is 11.6 Å². The highest BCUT2D eigenvalue weighted by Crippen LogP contribution is 2.24. The number of carbonyl (C=O) groups is 1. The Morgan fingerprint density at radius 2 is 2.25 bits per heavy atom. The fourth-order valence-electron chi connectivity index (χ4n) is 1.78. The molecule has 1 unspecified atom stereocenters. The van der Waals surface area contributed by atoms with Crippen LogP contribution in [0.4, 0.5) is 0 Å². The van der Waals surface area contributed by atoms with Crippen LogP contribution in [0.25, 0.3) is 0 Å². The van der Waals surface area contributed by atoms with Crippen LogP contribution in [-0.4, -0.2) is 34.6 Å². The Balaban J connectivity index is 2.01. The smallest absolute Gasteiger partial charge is 0.273 e. The summed E-state index contributed by atoms with van der Waals surface area (Å²) in [5.74, 6) is -0.299. The molecule has 1 aromatic carbocycles. The topological polar surface area (TPSA) is 69.0 Å². The summed E-state index contributed by atoms with van der Waals surface area (Å²) in [4.78, 5) is 11.9. The molecule has 20 heavy (non-hydrogen) atoms. The van der Waals surface area contributed by atoms with Gasteiger partial charge in [0.25, 0.3) is 5.91 Å². The van der Waals surface area contributed by atoms with Gasteiger partial charge in [0.15, 0.2) is 5.69 Å². The molecule has 0 spiro atoms. The Morgan fingerprint density at radius 1 is 1.50 bits per heavy atom. The normalized spacial score (nSPS) is 12.2. The van der Waals surface area contributed by atoms with Crippen LogP contribution in [0, 0.1) is 0 Å². The van der Waals surface area contributed by atoms with Crippen LogP contribution < -0.4 is 5.32 Å². The van der Waals surface area contributed by atoms with Crippen LogP contribution in [0.2, 0.25) is 5.02 Å². The second kappa shape index (κ2) is 6.49. The Hall–Kier alpha value is -1.92. The number of benzene rings is 1. The molecule has 0 aliphatic carbocycles. The van der Waals surface area contributed by atoms with Gasteiger partial charge in [-0.1, -0.05) is 35.0 Å². The lowest BCUT2D eigenvalue weighted by molar-refractivity contribution is 0.0824. The Kier molecular flexibility index (Phi) is 4.70. The van der Waals surface area contributed by atoms with Crippen molar-refractivity contribution in [2.24, 2.45) is 7.05 Å². The number of ether oxygens (including phenoxy) is 1. The number of amides is 1. The molecule has 1 heterocycles. The summed E-state index contributed by atoms with van der Waals surface area (Å²) < 4.78 is 6.84. The number of nitrogens with zero attached hydrogens (tertiary/aromatic N) is 3. The molecule has 6 nitrogen and oxygen atoms in total. The highest BCUT2D eigenvalue weighted by molar-refractivity contribution is 6.31. The number of aromatic nitrogens is 3. The van der Waals surface area contributed by atoms with Gasteiger partial charge >= 0.3 is 0 Å². The third-order valence-corrected chi connectivity index (χ3v) is 3.16. The van der Waals surface area contributed by atoms with Crippen LogP contribution in [0.5, 0.6) is 0 Å². The summed E-state index contributed by atoms with van der Waals surface area (Å²) in [7, 11) is 3.27. The molecule has 0 bridgehead atoms. The fourth-order valence-corrected chi connectivity index (χ4v) is 2.04. The maximum atomic E-state index is 11.9. The van der Waals surface area contributed by atoms with Crippen LogP contribution in [-0.2, 0) is 11.8 Å². The summed E-state index contributed by atoms with van der Waals surface area (Å²) >= 11 is 6.12. The third-order valence-electron chi connectivity index (χ3n) is 2.82. The number of hydrogen-bond acceptors (Lipinski definition) is 4. The summed E-state index contributed by atoms with van der Waals surface area (Å²) in [6, 6.07) is 7.37. The molecule has 0 fully saturated rings. The van der Waals surface area contributed by atoms with Crippen molar-refractivity contribution < 1.29 is 9.53 Å². The molecule has 0 aliphatic heterocycles. The number of methoxy groups -OCH3 is 1. The van der Waals surface area contributed by atoms with Gasteiger partial charge in [-0.05, 0) is 6.07 Å². The van der Waals surface area contributed by atoms with Crippen molar-refractivity contribution in [3.63, 3.8) is 0 Å². The Morgan fingerprint density at radius 3 is 2.85 bits per heavy atom. The van der Waals surface area contributed by atoms with Crippen LogP contribution in [0.15, 0.2) is 30.5 Å². The van der Waals surface area contributed by atoms with Gasteiger partial charge in [-0.25, -0.2) is 0 Å². The second-order valence-corrected chi connectivity index (χ2v) is 4.64. The van der Waals surface area contributed by atoms with Gasteiger partial charge in [0.05, 0.1) is 6.20 Å². The maximum absolute atomic E-state index is 11.9. The molecule has 1 amide bonds. The largest absolute Gasteiger partial charge is 0.375 e.